The molecule has 1 fully saturated rings. The third kappa shape index (κ3) is 2.99. The lowest BCUT2D eigenvalue weighted by atomic mass is 10.3. The maximum atomic E-state index is 4.59. The Morgan fingerprint density at radius 1 is 1.40 bits per heavy atom. The lowest BCUT2D eigenvalue weighted by Crippen LogP contribution is -2.22. The highest BCUT2D eigenvalue weighted by Gasteiger charge is 2.26. The number of rotatable bonds is 4. The van der Waals surface area contributed by atoms with Crippen LogP contribution in [0, 0.1) is 6.92 Å². The van der Waals surface area contributed by atoms with Gasteiger partial charge in [-0.2, -0.15) is 0 Å². The van der Waals surface area contributed by atoms with Crippen LogP contribution in [-0.4, -0.2) is 16.0 Å². The standard InChI is InChI=1S/C12H19N3/c1-8(2)13-7-11-6-9(3)14-12(15-11)10-4-5-10/h6,8,10,13H,4-5,7H2,1-3H3. The highest BCUT2D eigenvalue weighted by atomic mass is 15.0. The Hall–Kier alpha value is -0.960. The number of hydrogen-bond donors (Lipinski definition) is 1. The SMILES string of the molecule is Cc1cc(CNC(C)C)nc(C2CC2)n1. The molecular formula is C12H19N3. The first-order valence-corrected chi connectivity index (χ1v) is 5.73. The van der Waals surface area contributed by atoms with Crippen molar-refractivity contribution in [2.75, 3.05) is 0 Å². The van der Waals surface area contributed by atoms with Crippen LogP contribution in [0.2, 0.25) is 0 Å². The van der Waals surface area contributed by atoms with Gasteiger partial charge >= 0.3 is 0 Å². The van der Waals surface area contributed by atoms with Crippen molar-refractivity contribution in [2.45, 2.75) is 52.1 Å². The van der Waals surface area contributed by atoms with E-state index in [0.717, 1.165) is 23.8 Å². The van der Waals surface area contributed by atoms with Crippen molar-refractivity contribution < 1.29 is 0 Å². The number of aryl methyl sites for hydroxylation is 1. The minimum atomic E-state index is 0.504. The Balaban J connectivity index is 2.09. The van der Waals surface area contributed by atoms with Crippen molar-refractivity contribution in [3.63, 3.8) is 0 Å². The predicted octanol–water partition coefficient (Wildman–Crippen LogP) is 2.16. The number of nitrogens with zero attached hydrogens (tertiary/aromatic N) is 2. The van der Waals surface area contributed by atoms with E-state index in [1.54, 1.807) is 0 Å². The molecule has 1 aliphatic rings. The summed E-state index contributed by atoms with van der Waals surface area (Å²) in [4.78, 5) is 9.08. The van der Waals surface area contributed by atoms with Gasteiger partial charge < -0.3 is 5.32 Å². The van der Waals surface area contributed by atoms with E-state index in [-0.39, 0.29) is 0 Å². The fourth-order valence-electron chi connectivity index (χ4n) is 1.58. The molecule has 0 aliphatic heterocycles. The van der Waals surface area contributed by atoms with Crippen LogP contribution in [0.15, 0.2) is 6.07 Å². The number of nitrogens with one attached hydrogen (secondary N) is 1. The van der Waals surface area contributed by atoms with Crippen molar-refractivity contribution in [3.05, 3.63) is 23.3 Å². The topological polar surface area (TPSA) is 37.8 Å². The van der Waals surface area contributed by atoms with Crippen LogP contribution in [0.1, 0.15) is 49.8 Å². The smallest absolute Gasteiger partial charge is 0.131 e. The van der Waals surface area contributed by atoms with Crippen LogP contribution in [0.25, 0.3) is 0 Å². The summed E-state index contributed by atoms with van der Waals surface area (Å²) < 4.78 is 0. The summed E-state index contributed by atoms with van der Waals surface area (Å²) in [5.41, 5.74) is 2.21. The first kappa shape index (κ1) is 10.6. The summed E-state index contributed by atoms with van der Waals surface area (Å²) in [7, 11) is 0. The van der Waals surface area contributed by atoms with Crippen molar-refractivity contribution >= 4 is 0 Å². The highest BCUT2D eigenvalue weighted by Crippen LogP contribution is 2.37. The Morgan fingerprint density at radius 2 is 2.13 bits per heavy atom. The van der Waals surface area contributed by atoms with Crippen LogP contribution in [0.4, 0.5) is 0 Å². The maximum absolute atomic E-state index is 4.59. The fourth-order valence-corrected chi connectivity index (χ4v) is 1.58. The number of hydrogen-bond acceptors (Lipinski definition) is 3. The van der Waals surface area contributed by atoms with Gasteiger partial charge in [0.15, 0.2) is 0 Å². The summed E-state index contributed by atoms with van der Waals surface area (Å²) in [5.74, 6) is 1.69. The maximum Gasteiger partial charge on any atom is 0.131 e. The minimum absolute atomic E-state index is 0.504. The molecular weight excluding hydrogens is 186 g/mol. The molecule has 1 saturated carbocycles. The van der Waals surface area contributed by atoms with E-state index < -0.39 is 0 Å². The molecule has 0 aromatic carbocycles. The van der Waals surface area contributed by atoms with E-state index in [1.807, 2.05) is 6.92 Å². The summed E-state index contributed by atoms with van der Waals surface area (Å²) in [6, 6.07) is 2.57. The largest absolute Gasteiger partial charge is 0.309 e. The Morgan fingerprint density at radius 3 is 2.73 bits per heavy atom. The van der Waals surface area contributed by atoms with Crippen LogP contribution in [0.3, 0.4) is 0 Å². The first-order chi connectivity index (χ1) is 7.15. The molecule has 1 N–H and O–H groups in total. The third-order valence-corrected chi connectivity index (χ3v) is 2.56. The average molecular weight is 205 g/mol. The molecule has 82 valence electrons. The zero-order chi connectivity index (χ0) is 10.8. The third-order valence-electron chi connectivity index (χ3n) is 2.56. The molecule has 3 nitrogen and oxygen atoms in total. The van der Waals surface area contributed by atoms with E-state index in [9.17, 15) is 0 Å². The summed E-state index contributed by atoms with van der Waals surface area (Å²) in [6.07, 6.45) is 2.53. The van der Waals surface area contributed by atoms with Crippen molar-refractivity contribution in [3.8, 4) is 0 Å². The quantitative estimate of drug-likeness (QED) is 0.818. The molecule has 0 radical (unpaired) electrons. The molecule has 0 spiro atoms. The van der Waals surface area contributed by atoms with Crippen LogP contribution >= 0.6 is 0 Å². The molecule has 1 aromatic rings. The lowest BCUT2D eigenvalue weighted by Gasteiger charge is -2.09. The monoisotopic (exact) mass is 205 g/mol. The van der Waals surface area contributed by atoms with Gasteiger partial charge in [0.2, 0.25) is 0 Å². The van der Waals surface area contributed by atoms with E-state index in [1.165, 1.54) is 12.8 Å². The Kier molecular flexibility index (Phi) is 3.00. The van der Waals surface area contributed by atoms with Crippen LogP contribution in [0.5, 0.6) is 0 Å². The van der Waals surface area contributed by atoms with Gasteiger partial charge in [-0.05, 0) is 25.8 Å². The van der Waals surface area contributed by atoms with E-state index in [4.69, 9.17) is 0 Å². The van der Waals surface area contributed by atoms with Gasteiger partial charge in [0.05, 0.1) is 5.69 Å². The van der Waals surface area contributed by atoms with Gasteiger partial charge in [-0.25, -0.2) is 9.97 Å². The molecule has 0 unspecified atom stereocenters. The van der Waals surface area contributed by atoms with Crippen molar-refractivity contribution in [1.82, 2.24) is 15.3 Å². The Bertz CT molecular complexity index is 343. The molecule has 1 aliphatic carbocycles. The first-order valence-electron chi connectivity index (χ1n) is 5.73. The normalized spacial score (nSPS) is 16.0. The van der Waals surface area contributed by atoms with Crippen LogP contribution in [-0.2, 0) is 6.54 Å². The van der Waals surface area contributed by atoms with E-state index in [0.29, 0.717) is 12.0 Å². The summed E-state index contributed by atoms with van der Waals surface area (Å²) in [6.45, 7) is 7.19. The molecule has 0 atom stereocenters. The molecule has 1 heterocycles. The zero-order valence-corrected chi connectivity index (χ0v) is 9.75. The molecule has 2 rings (SSSR count). The van der Waals surface area contributed by atoms with E-state index >= 15 is 0 Å². The fraction of sp³-hybridized carbons (Fsp3) is 0.667. The van der Waals surface area contributed by atoms with Gasteiger partial charge in [-0.3, -0.25) is 0 Å². The van der Waals surface area contributed by atoms with Gasteiger partial charge in [0.1, 0.15) is 5.82 Å². The zero-order valence-electron chi connectivity index (χ0n) is 9.75. The van der Waals surface area contributed by atoms with Gasteiger partial charge in [-0.15, -0.1) is 0 Å². The minimum Gasteiger partial charge on any atom is -0.309 e. The highest BCUT2D eigenvalue weighted by molar-refractivity contribution is 5.15. The second kappa shape index (κ2) is 4.27. The summed E-state index contributed by atoms with van der Waals surface area (Å²) in [5, 5.41) is 3.39. The van der Waals surface area contributed by atoms with E-state index in [2.05, 4.69) is 35.2 Å². The van der Waals surface area contributed by atoms with Crippen LogP contribution < -0.4 is 5.32 Å². The van der Waals surface area contributed by atoms with Gasteiger partial charge in [0, 0.05) is 24.2 Å². The van der Waals surface area contributed by atoms with Gasteiger partial charge in [0.25, 0.3) is 0 Å². The predicted molar refractivity (Wildman–Crippen MR) is 60.7 cm³/mol. The molecule has 0 amide bonds. The summed E-state index contributed by atoms with van der Waals surface area (Å²) >= 11 is 0. The molecule has 15 heavy (non-hydrogen) atoms. The molecule has 3 heteroatoms. The molecule has 0 saturated heterocycles. The Labute approximate surface area is 91.3 Å². The second-order valence-electron chi connectivity index (χ2n) is 4.67. The van der Waals surface area contributed by atoms with Crippen molar-refractivity contribution in [1.29, 1.82) is 0 Å². The number of aromatic nitrogens is 2. The van der Waals surface area contributed by atoms with Crippen molar-refractivity contribution in [2.24, 2.45) is 0 Å². The average Bonchev–Trinajstić information content (AvgIpc) is 2.97. The molecule has 1 aromatic heterocycles. The molecule has 0 bridgehead atoms. The lowest BCUT2D eigenvalue weighted by molar-refractivity contribution is 0.578. The van der Waals surface area contributed by atoms with Gasteiger partial charge in [-0.1, -0.05) is 13.8 Å². The second-order valence-corrected chi connectivity index (χ2v) is 4.67.